The number of aryl methyl sites for hydroxylation is 1. The molecule has 2 aliphatic rings. The molecule has 4 heterocycles. The van der Waals surface area contributed by atoms with Crippen LogP contribution in [0.5, 0.6) is 5.88 Å². The van der Waals surface area contributed by atoms with E-state index in [1.807, 2.05) is 24.8 Å². The van der Waals surface area contributed by atoms with Gasteiger partial charge in [0.15, 0.2) is 5.82 Å². The van der Waals surface area contributed by atoms with Crippen molar-refractivity contribution in [3.63, 3.8) is 0 Å². The molecule has 5 nitrogen and oxygen atoms in total. The Morgan fingerprint density at radius 3 is 3.13 bits per heavy atom. The average Bonchev–Trinajstić information content (AvgIpc) is 3.08. The van der Waals surface area contributed by atoms with E-state index >= 15 is 0 Å². The molecule has 7 heteroatoms. The van der Waals surface area contributed by atoms with E-state index in [9.17, 15) is 4.39 Å². The van der Waals surface area contributed by atoms with Gasteiger partial charge in [0.1, 0.15) is 11.9 Å². The van der Waals surface area contributed by atoms with Crippen molar-refractivity contribution in [1.82, 2.24) is 15.0 Å². The lowest BCUT2D eigenvalue weighted by Gasteiger charge is -2.47. The van der Waals surface area contributed by atoms with Gasteiger partial charge in [0, 0.05) is 48.8 Å². The van der Waals surface area contributed by atoms with Crippen LogP contribution in [0.3, 0.4) is 0 Å². The number of hydrogen-bond donors (Lipinski definition) is 0. The zero-order chi connectivity index (χ0) is 15.9. The molecular weight excluding hydrogens is 317 g/mol. The van der Waals surface area contributed by atoms with Gasteiger partial charge in [-0.05, 0) is 19.1 Å². The highest BCUT2D eigenvalue weighted by molar-refractivity contribution is 8.01. The Morgan fingerprint density at radius 2 is 2.39 bits per heavy atom. The molecule has 0 aromatic carbocycles. The lowest BCUT2D eigenvalue weighted by molar-refractivity contribution is 0.0875. The molecule has 1 spiro atoms. The summed E-state index contributed by atoms with van der Waals surface area (Å²) in [6.45, 7) is 4.74. The Bertz CT molecular complexity index is 702. The maximum absolute atomic E-state index is 13.6. The summed E-state index contributed by atoms with van der Waals surface area (Å²) in [5.74, 6) is 1.45. The number of halogens is 1. The van der Waals surface area contributed by atoms with E-state index in [0.717, 1.165) is 43.3 Å². The second-order valence-electron chi connectivity index (χ2n) is 6.30. The minimum Gasteiger partial charge on any atom is -0.471 e. The Hall–Kier alpha value is -1.60. The summed E-state index contributed by atoms with van der Waals surface area (Å²) in [5, 5.41) is 4.04. The van der Waals surface area contributed by atoms with Gasteiger partial charge in [-0.2, -0.15) is 0 Å². The van der Waals surface area contributed by atoms with Crippen molar-refractivity contribution in [2.45, 2.75) is 30.7 Å². The molecule has 2 saturated heterocycles. The van der Waals surface area contributed by atoms with Crippen molar-refractivity contribution in [1.29, 1.82) is 0 Å². The Balaban J connectivity index is 1.30. The van der Waals surface area contributed by atoms with Crippen LogP contribution in [0.25, 0.3) is 0 Å². The summed E-state index contributed by atoms with van der Waals surface area (Å²) in [5.41, 5.74) is 0.976. The zero-order valence-electron chi connectivity index (χ0n) is 12.9. The molecule has 1 atom stereocenters. The number of rotatable bonds is 4. The van der Waals surface area contributed by atoms with Gasteiger partial charge in [-0.15, -0.1) is 11.8 Å². The van der Waals surface area contributed by atoms with Crippen molar-refractivity contribution in [2.24, 2.45) is 0 Å². The summed E-state index contributed by atoms with van der Waals surface area (Å²) in [7, 11) is 0. The molecule has 0 N–H and O–H groups in total. The fraction of sp³-hybridized carbons (Fsp3) is 0.500. The summed E-state index contributed by atoms with van der Waals surface area (Å²) in [4.78, 5) is 6.33. The highest BCUT2D eigenvalue weighted by atomic mass is 32.2. The van der Waals surface area contributed by atoms with E-state index < -0.39 is 5.82 Å². The van der Waals surface area contributed by atoms with Crippen LogP contribution in [0, 0.1) is 12.7 Å². The number of hydrogen-bond acceptors (Lipinski definition) is 6. The molecule has 0 aliphatic carbocycles. The third-order valence-corrected chi connectivity index (χ3v) is 5.84. The van der Waals surface area contributed by atoms with Crippen LogP contribution < -0.4 is 4.74 Å². The number of nitrogens with zero attached hydrogens (tertiary/aromatic N) is 3. The summed E-state index contributed by atoms with van der Waals surface area (Å²) in [6.07, 6.45) is 2.52. The predicted octanol–water partition coefficient (Wildman–Crippen LogP) is 2.66. The molecule has 0 radical (unpaired) electrons. The fourth-order valence-corrected chi connectivity index (χ4v) is 4.89. The molecule has 0 bridgehead atoms. The summed E-state index contributed by atoms with van der Waals surface area (Å²) in [6, 6.07) is 4.93. The van der Waals surface area contributed by atoms with Gasteiger partial charge in [-0.1, -0.05) is 5.16 Å². The first-order chi connectivity index (χ1) is 11.1. The van der Waals surface area contributed by atoms with Crippen molar-refractivity contribution < 1.29 is 13.7 Å². The first-order valence-corrected chi connectivity index (χ1v) is 8.66. The maximum atomic E-state index is 13.6. The van der Waals surface area contributed by atoms with Gasteiger partial charge < -0.3 is 9.26 Å². The van der Waals surface area contributed by atoms with Crippen LogP contribution >= 0.6 is 11.8 Å². The minimum atomic E-state index is -0.393. The van der Waals surface area contributed by atoms with E-state index in [2.05, 4.69) is 15.0 Å². The Kier molecular flexibility index (Phi) is 3.77. The molecule has 2 aromatic heterocycles. The molecule has 2 aliphatic heterocycles. The third kappa shape index (κ3) is 3.07. The fourth-order valence-electron chi connectivity index (χ4n) is 3.32. The zero-order valence-corrected chi connectivity index (χ0v) is 13.7. The quantitative estimate of drug-likeness (QED) is 0.856. The van der Waals surface area contributed by atoms with Crippen LogP contribution in [0.4, 0.5) is 4.39 Å². The molecule has 0 amide bonds. The van der Waals surface area contributed by atoms with Gasteiger partial charge in [0.05, 0.1) is 5.69 Å². The normalized spacial score (nSPS) is 23.1. The second-order valence-corrected chi connectivity index (χ2v) is 7.79. The van der Waals surface area contributed by atoms with Crippen LogP contribution in [-0.4, -0.2) is 44.7 Å². The van der Waals surface area contributed by atoms with Crippen molar-refractivity contribution in [2.75, 3.05) is 18.8 Å². The van der Waals surface area contributed by atoms with Crippen molar-refractivity contribution in [3.05, 3.63) is 41.7 Å². The number of thioether (sulfide) groups is 1. The minimum absolute atomic E-state index is 0.0286. The molecule has 2 fully saturated rings. The van der Waals surface area contributed by atoms with Gasteiger partial charge in [0.25, 0.3) is 5.88 Å². The number of ether oxygens (including phenoxy) is 1. The Morgan fingerprint density at radius 1 is 1.52 bits per heavy atom. The first kappa shape index (κ1) is 15.0. The standard InChI is InChI=1S/C16H18FN3O2S/c1-11-5-12(19-22-11)7-20-9-16(10-20)6-13(8-23-16)21-15-14(17)3-2-4-18-15/h2-5,13H,6-10H2,1H3. The molecule has 23 heavy (non-hydrogen) atoms. The lowest BCUT2D eigenvalue weighted by atomic mass is 9.93. The van der Waals surface area contributed by atoms with Gasteiger partial charge in [0.2, 0.25) is 0 Å². The number of aromatic nitrogens is 2. The van der Waals surface area contributed by atoms with Gasteiger partial charge in [-0.3, -0.25) is 4.90 Å². The first-order valence-electron chi connectivity index (χ1n) is 7.68. The SMILES string of the molecule is Cc1cc(CN2CC3(CC(Oc4ncccc4F)CS3)C2)no1. The average molecular weight is 335 g/mol. The Labute approximate surface area is 138 Å². The molecule has 2 aromatic rings. The van der Waals surface area contributed by atoms with E-state index in [0.29, 0.717) is 0 Å². The van der Waals surface area contributed by atoms with Crippen LogP contribution in [0.15, 0.2) is 28.9 Å². The van der Waals surface area contributed by atoms with Crippen LogP contribution in [-0.2, 0) is 6.54 Å². The monoisotopic (exact) mass is 335 g/mol. The molecule has 0 saturated carbocycles. The highest BCUT2D eigenvalue weighted by Crippen LogP contribution is 2.46. The smallest absolute Gasteiger partial charge is 0.250 e. The summed E-state index contributed by atoms with van der Waals surface area (Å²) < 4.78 is 24.7. The van der Waals surface area contributed by atoms with E-state index in [-0.39, 0.29) is 16.7 Å². The van der Waals surface area contributed by atoms with Crippen LogP contribution in [0.2, 0.25) is 0 Å². The van der Waals surface area contributed by atoms with Crippen molar-refractivity contribution in [3.8, 4) is 5.88 Å². The second kappa shape index (κ2) is 5.79. The third-order valence-electron chi connectivity index (χ3n) is 4.26. The van der Waals surface area contributed by atoms with Crippen LogP contribution in [0.1, 0.15) is 17.9 Å². The maximum Gasteiger partial charge on any atom is 0.250 e. The summed E-state index contributed by atoms with van der Waals surface area (Å²) >= 11 is 1.92. The van der Waals surface area contributed by atoms with E-state index in [1.54, 1.807) is 12.3 Å². The molecule has 1 unspecified atom stereocenters. The van der Waals surface area contributed by atoms with Gasteiger partial charge in [-0.25, -0.2) is 9.37 Å². The van der Waals surface area contributed by atoms with Crippen molar-refractivity contribution >= 4 is 11.8 Å². The largest absolute Gasteiger partial charge is 0.471 e. The highest BCUT2D eigenvalue weighted by Gasteiger charge is 2.49. The molecule has 122 valence electrons. The topological polar surface area (TPSA) is 51.4 Å². The number of likely N-dealkylation sites (tertiary alicyclic amines) is 1. The predicted molar refractivity (Wildman–Crippen MR) is 84.9 cm³/mol. The molecule has 4 rings (SSSR count). The lowest BCUT2D eigenvalue weighted by Crippen LogP contribution is -2.58. The van der Waals surface area contributed by atoms with E-state index in [4.69, 9.17) is 9.26 Å². The number of pyridine rings is 1. The van der Waals surface area contributed by atoms with Gasteiger partial charge >= 0.3 is 0 Å². The molecular formula is C16H18FN3O2S. The van der Waals surface area contributed by atoms with E-state index in [1.165, 1.54) is 6.07 Å².